The lowest BCUT2D eigenvalue weighted by Gasteiger charge is -2.47. The van der Waals surface area contributed by atoms with Gasteiger partial charge >= 0.3 is 0 Å². The fourth-order valence-corrected chi connectivity index (χ4v) is 4.88. The van der Waals surface area contributed by atoms with Crippen molar-refractivity contribution in [3.05, 3.63) is 0 Å². The minimum atomic E-state index is -3.05. The van der Waals surface area contributed by atoms with Crippen LogP contribution in [0.15, 0.2) is 0 Å². The summed E-state index contributed by atoms with van der Waals surface area (Å²) in [5.74, 6) is 0.129. The first-order valence-electron chi connectivity index (χ1n) is 6.58. The maximum absolute atomic E-state index is 12.2. The van der Waals surface area contributed by atoms with Crippen LogP contribution in [-0.2, 0) is 14.6 Å². The molecule has 0 aromatic rings. The third-order valence-corrected chi connectivity index (χ3v) is 6.50. The Hall–Kier alpha value is -0.130. The number of nitrogens with two attached hydrogens (primary N) is 1. The van der Waals surface area contributed by atoms with Gasteiger partial charge in [0, 0.05) is 12.6 Å². The van der Waals surface area contributed by atoms with E-state index in [-0.39, 0.29) is 22.6 Å². The molecule has 2 fully saturated rings. The minimum absolute atomic E-state index is 0.105. The highest BCUT2D eigenvalue weighted by Gasteiger charge is 2.46. The van der Waals surface area contributed by atoms with E-state index in [1.807, 2.05) is 6.92 Å². The van der Waals surface area contributed by atoms with E-state index in [0.29, 0.717) is 25.9 Å². The Balaban J connectivity index is 2.01. The molecule has 1 saturated carbocycles. The predicted octanol–water partition coefficient (Wildman–Crippen LogP) is 1.24. The van der Waals surface area contributed by atoms with E-state index >= 15 is 0 Å². The van der Waals surface area contributed by atoms with Gasteiger partial charge in [-0.05, 0) is 38.5 Å². The number of rotatable bonds is 4. The average molecular weight is 261 g/mol. The van der Waals surface area contributed by atoms with Crippen LogP contribution in [0.25, 0.3) is 0 Å². The molecular weight excluding hydrogens is 238 g/mol. The SMILES string of the molecule is CCC(N)CS(=O)(=O)C1CCOC2(CCC2)C1. The molecular formula is C12H23NO3S. The maximum atomic E-state index is 12.2. The fourth-order valence-electron chi connectivity index (χ4n) is 2.76. The first-order valence-corrected chi connectivity index (χ1v) is 8.30. The molecule has 1 heterocycles. The van der Waals surface area contributed by atoms with Crippen molar-refractivity contribution >= 4 is 9.84 Å². The topological polar surface area (TPSA) is 69.4 Å². The van der Waals surface area contributed by atoms with Crippen LogP contribution >= 0.6 is 0 Å². The van der Waals surface area contributed by atoms with Crippen LogP contribution in [0.3, 0.4) is 0 Å². The lowest BCUT2D eigenvalue weighted by atomic mass is 9.75. The molecule has 2 N–H and O–H groups in total. The largest absolute Gasteiger partial charge is 0.375 e. The Morgan fingerprint density at radius 1 is 1.47 bits per heavy atom. The van der Waals surface area contributed by atoms with Gasteiger partial charge in [-0.15, -0.1) is 0 Å². The molecule has 17 heavy (non-hydrogen) atoms. The van der Waals surface area contributed by atoms with Crippen LogP contribution in [0.1, 0.15) is 45.4 Å². The van der Waals surface area contributed by atoms with Gasteiger partial charge in [-0.3, -0.25) is 0 Å². The third-order valence-electron chi connectivity index (χ3n) is 4.19. The normalized spacial score (nSPS) is 29.9. The number of ether oxygens (including phenoxy) is 1. The van der Waals surface area contributed by atoms with E-state index in [9.17, 15) is 8.42 Å². The Labute approximate surface area is 104 Å². The highest BCUT2D eigenvalue weighted by molar-refractivity contribution is 7.92. The van der Waals surface area contributed by atoms with Crippen molar-refractivity contribution in [3.8, 4) is 0 Å². The van der Waals surface area contributed by atoms with Gasteiger partial charge < -0.3 is 10.5 Å². The summed E-state index contributed by atoms with van der Waals surface area (Å²) in [6.07, 6.45) is 5.26. The molecule has 0 aromatic carbocycles. The summed E-state index contributed by atoms with van der Waals surface area (Å²) in [6, 6.07) is -0.222. The Kier molecular flexibility index (Phi) is 3.80. The summed E-state index contributed by atoms with van der Waals surface area (Å²) < 4.78 is 30.3. The zero-order valence-electron chi connectivity index (χ0n) is 10.5. The van der Waals surface area contributed by atoms with Crippen LogP contribution < -0.4 is 5.73 Å². The van der Waals surface area contributed by atoms with Crippen LogP contribution in [-0.4, -0.2) is 37.7 Å². The van der Waals surface area contributed by atoms with Crippen molar-refractivity contribution in [1.82, 2.24) is 0 Å². The van der Waals surface area contributed by atoms with Crippen LogP contribution in [0.5, 0.6) is 0 Å². The standard InChI is InChI=1S/C12H23NO3S/c1-2-10(13)9-17(14,15)11-4-7-16-12(8-11)5-3-6-12/h10-11H,2-9,13H2,1H3. The summed E-state index contributed by atoms with van der Waals surface area (Å²) in [7, 11) is -3.05. The second-order valence-electron chi connectivity index (χ2n) is 5.50. The van der Waals surface area contributed by atoms with Gasteiger partial charge in [0.05, 0.1) is 16.6 Å². The summed E-state index contributed by atoms with van der Waals surface area (Å²) in [5.41, 5.74) is 5.66. The summed E-state index contributed by atoms with van der Waals surface area (Å²) in [4.78, 5) is 0. The van der Waals surface area contributed by atoms with Gasteiger partial charge in [-0.25, -0.2) is 8.42 Å². The van der Waals surface area contributed by atoms with E-state index in [1.165, 1.54) is 6.42 Å². The fraction of sp³-hybridized carbons (Fsp3) is 1.00. The van der Waals surface area contributed by atoms with E-state index in [0.717, 1.165) is 12.8 Å². The van der Waals surface area contributed by atoms with E-state index in [2.05, 4.69) is 0 Å². The average Bonchev–Trinajstić information content (AvgIpc) is 2.26. The van der Waals surface area contributed by atoms with Crippen LogP contribution in [0.4, 0.5) is 0 Å². The second kappa shape index (κ2) is 4.86. The van der Waals surface area contributed by atoms with Crippen molar-refractivity contribution in [2.45, 2.75) is 62.3 Å². The summed E-state index contributed by atoms with van der Waals surface area (Å²) in [5, 5.41) is -0.228. The monoisotopic (exact) mass is 261 g/mol. The van der Waals surface area contributed by atoms with Crippen molar-refractivity contribution in [3.63, 3.8) is 0 Å². The Bertz CT molecular complexity index is 362. The summed E-state index contributed by atoms with van der Waals surface area (Å²) >= 11 is 0. The first kappa shape index (κ1) is 13.3. The molecule has 5 heteroatoms. The third kappa shape index (κ3) is 2.83. The highest BCUT2D eigenvalue weighted by Crippen LogP contribution is 2.43. The number of hydrogen-bond acceptors (Lipinski definition) is 4. The van der Waals surface area contributed by atoms with Crippen molar-refractivity contribution in [1.29, 1.82) is 0 Å². The quantitative estimate of drug-likeness (QED) is 0.826. The van der Waals surface area contributed by atoms with Gasteiger partial charge in [0.15, 0.2) is 9.84 Å². The molecule has 4 nitrogen and oxygen atoms in total. The zero-order chi connectivity index (χ0) is 12.5. The Morgan fingerprint density at radius 2 is 2.18 bits per heavy atom. The van der Waals surface area contributed by atoms with Crippen LogP contribution in [0, 0.1) is 0 Å². The second-order valence-corrected chi connectivity index (χ2v) is 7.82. The predicted molar refractivity (Wildman–Crippen MR) is 67.6 cm³/mol. The smallest absolute Gasteiger partial charge is 0.154 e. The van der Waals surface area contributed by atoms with Gasteiger partial charge in [-0.2, -0.15) is 0 Å². The lowest BCUT2D eigenvalue weighted by Crippen LogP contribution is -2.50. The first-order chi connectivity index (χ1) is 7.97. The van der Waals surface area contributed by atoms with Gasteiger partial charge in [0.1, 0.15) is 0 Å². The van der Waals surface area contributed by atoms with Gasteiger partial charge in [-0.1, -0.05) is 6.92 Å². The van der Waals surface area contributed by atoms with Crippen molar-refractivity contribution < 1.29 is 13.2 Å². The molecule has 1 aliphatic heterocycles. The molecule has 0 bridgehead atoms. The van der Waals surface area contributed by atoms with E-state index < -0.39 is 9.84 Å². The van der Waals surface area contributed by atoms with E-state index in [4.69, 9.17) is 10.5 Å². The van der Waals surface area contributed by atoms with Crippen molar-refractivity contribution in [2.75, 3.05) is 12.4 Å². The maximum Gasteiger partial charge on any atom is 0.154 e. The number of hydrogen-bond donors (Lipinski definition) is 1. The molecule has 2 rings (SSSR count). The molecule has 0 radical (unpaired) electrons. The van der Waals surface area contributed by atoms with E-state index in [1.54, 1.807) is 0 Å². The molecule has 100 valence electrons. The summed E-state index contributed by atoms with van der Waals surface area (Å²) in [6.45, 7) is 2.52. The lowest BCUT2D eigenvalue weighted by molar-refractivity contribution is -0.125. The van der Waals surface area contributed by atoms with Crippen LogP contribution in [0.2, 0.25) is 0 Å². The Morgan fingerprint density at radius 3 is 2.71 bits per heavy atom. The van der Waals surface area contributed by atoms with Crippen molar-refractivity contribution in [2.24, 2.45) is 5.73 Å². The molecule has 2 unspecified atom stereocenters. The molecule has 1 spiro atoms. The molecule has 1 saturated heterocycles. The molecule has 0 amide bonds. The number of sulfone groups is 1. The molecule has 2 atom stereocenters. The zero-order valence-corrected chi connectivity index (χ0v) is 11.3. The molecule has 0 aromatic heterocycles. The molecule has 1 aliphatic carbocycles. The minimum Gasteiger partial charge on any atom is -0.375 e. The van der Waals surface area contributed by atoms with Gasteiger partial charge in [0.25, 0.3) is 0 Å². The molecule has 2 aliphatic rings. The highest BCUT2D eigenvalue weighted by atomic mass is 32.2. The van der Waals surface area contributed by atoms with Gasteiger partial charge in [0.2, 0.25) is 0 Å².